The predicted octanol–water partition coefficient (Wildman–Crippen LogP) is 2.78. The number of aliphatic hydroxyl groups excluding tert-OH is 1. The van der Waals surface area contributed by atoms with Crippen LogP contribution in [0.1, 0.15) is 42.3 Å². The molecule has 2 heterocycles. The summed E-state index contributed by atoms with van der Waals surface area (Å²) >= 11 is 0. The van der Waals surface area contributed by atoms with Gasteiger partial charge in [-0.3, -0.25) is 0 Å². The zero-order valence-corrected chi connectivity index (χ0v) is 15.9. The highest BCUT2D eigenvalue weighted by Crippen LogP contribution is 2.54. The Bertz CT molecular complexity index is 719. The number of hydrogen-bond acceptors (Lipinski definition) is 5. The van der Waals surface area contributed by atoms with Gasteiger partial charge in [0, 0.05) is 37.2 Å². The molecular formula is C20H29N3O2. The van der Waals surface area contributed by atoms with Crippen LogP contribution in [0.25, 0.3) is 0 Å². The zero-order chi connectivity index (χ0) is 18.2. The standard InChI is InChI=1S/C20H29N3O2/c1-6-16-19(18(7-2)25-21-16)20(13-22(3)4)15(12-24)14-10-8-9-11-17(14)23(20)5/h8-11,15,24H,6-7,12-13H2,1-5H3. The molecule has 136 valence electrons. The highest BCUT2D eigenvalue weighted by Gasteiger charge is 2.54. The number of aliphatic hydroxyl groups is 1. The van der Waals surface area contributed by atoms with Crippen LogP contribution >= 0.6 is 0 Å². The van der Waals surface area contributed by atoms with Crippen LogP contribution in [0.3, 0.4) is 0 Å². The van der Waals surface area contributed by atoms with Crippen LogP contribution in [0.5, 0.6) is 0 Å². The number of benzene rings is 1. The smallest absolute Gasteiger partial charge is 0.142 e. The molecule has 2 aromatic rings. The predicted molar refractivity (Wildman–Crippen MR) is 100 cm³/mol. The molecule has 0 aliphatic carbocycles. The Morgan fingerprint density at radius 3 is 2.56 bits per heavy atom. The zero-order valence-electron chi connectivity index (χ0n) is 15.9. The molecule has 1 N–H and O–H groups in total. The van der Waals surface area contributed by atoms with Crippen molar-refractivity contribution in [2.75, 3.05) is 39.2 Å². The molecule has 0 amide bonds. The van der Waals surface area contributed by atoms with E-state index in [9.17, 15) is 5.11 Å². The van der Waals surface area contributed by atoms with E-state index in [1.165, 1.54) is 11.3 Å². The lowest BCUT2D eigenvalue weighted by molar-refractivity contribution is 0.176. The summed E-state index contributed by atoms with van der Waals surface area (Å²) in [5.74, 6) is 0.905. The molecule has 5 nitrogen and oxygen atoms in total. The monoisotopic (exact) mass is 343 g/mol. The van der Waals surface area contributed by atoms with Crippen LogP contribution in [-0.2, 0) is 18.4 Å². The van der Waals surface area contributed by atoms with Crippen LogP contribution in [-0.4, -0.2) is 49.5 Å². The van der Waals surface area contributed by atoms with Crippen molar-refractivity contribution in [3.63, 3.8) is 0 Å². The first-order valence-electron chi connectivity index (χ1n) is 9.07. The van der Waals surface area contributed by atoms with Gasteiger partial charge in [-0.25, -0.2) is 0 Å². The van der Waals surface area contributed by atoms with Gasteiger partial charge in [-0.2, -0.15) is 0 Å². The number of aromatic nitrogens is 1. The maximum absolute atomic E-state index is 10.4. The topological polar surface area (TPSA) is 52.7 Å². The molecule has 0 bridgehead atoms. The molecule has 0 radical (unpaired) electrons. The Labute approximate surface area is 150 Å². The molecule has 3 rings (SSSR count). The van der Waals surface area contributed by atoms with E-state index in [1.807, 2.05) is 0 Å². The van der Waals surface area contributed by atoms with Crippen LogP contribution in [0.15, 0.2) is 28.8 Å². The molecule has 2 unspecified atom stereocenters. The first kappa shape index (κ1) is 18.0. The maximum atomic E-state index is 10.4. The second-order valence-corrected chi connectivity index (χ2v) is 7.15. The Morgan fingerprint density at radius 2 is 1.96 bits per heavy atom. The van der Waals surface area contributed by atoms with Crippen molar-refractivity contribution in [1.29, 1.82) is 0 Å². The van der Waals surface area contributed by atoms with Gasteiger partial charge in [-0.1, -0.05) is 37.2 Å². The lowest BCUT2D eigenvalue weighted by Gasteiger charge is -2.43. The van der Waals surface area contributed by atoms with Crippen molar-refractivity contribution in [2.45, 2.75) is 38.1 Å². The Kier molecular flexibility index (Phi) is 4.89. The van der Waals surface area contributed by atoms with Crippen molar-refractivity contribution in [3.8, 4) is 0 Å². The van der Waals surface area contributed by atoms with Crippen LogP contribution in [0.4, 0.5) is 5.69 Å². The number of nitrogens with zero attached hydrogens (tertiary/aromatic N) is 3. The second-order valence-electron chi connectivity index (χ2n) is 7.15. The average Bonchev–Trinajstić information content (AvgIpc) is 3.13. The summed E-state index contributed by atoms with van der Waals surface area (Å²) in [6.07, 6.45) is 1.61. The number of fused-ring (bicyclic) bond motifs is 1. The summed E-state index contributed by atoms with van der Waals surface area (Å²) in [6, 6.07) is 8.38. The Balaban J connectivity index is 2.30. The van der Waals surface area contributed by atoms with Gasteiger partial charge in [0.15, 0.2) is 0 Å². The van der Waals surface area contributed by atoms with E-state index in [2.05, 4.69) is 74.2 Å². The molecule has 5 heteroatoms. The molecule has 25 heavy (non-hydrogen) atoms. The van der Waals surface area contributed by atoms with Gasteiger partial charge >= 0.3 is 0 Å². The van der Waals surface area contributed by atoms with E-state index >= 15 is 0 Å². The van der Waals surface area contributed by atoms with Crippen LogP contribution in [0.2, 0.25) is 0 Å². The number of aryl methyl sites for hydroxylation is 2. The van der Waals surface area contributed by atoms with E-state index in [0.717, 1.165) is 36.4 Å². The minimum absolute atomic E-state index is 0.0221. The summed E-state index contributed by atoms with van der Waals surface area (Å²) in [4.78, 5) is 4.52. The first-order valence-corrected chi connectivity index (χ1v) is 9.07. The third-order valence-corrected chi connectivity index (χ3v) is 5.51. The molecule has 1 aliphatic heterocycles. The minimum atomic E-state index is -0.390. The quantitative estimate of drug-likeness (QED) is 0.874. The summed E-state index contributed by atoms with van der Waals surface area (Å²) < 4.78 is 5.72. The van der Waals surface area contributed by atoms with Gasteiger partial charge in [-0.05, 0) is 32.1 Å². The fraction of sp³-hybridized carbons (Fsp3) is 0.550. The van der Waals surface area contributed by atoms with Gasteiger partial charge in [-0.15, -0.1) is 0 Å². The lowest BCUT2D eigenvalue weighted by Crippen LogP contribution is -2.52. The van der Waals surface area contributed by atoms with E-state index in [4.69, 9.17) is 4.52 Å². The molecule has 0 spiro atoms. The molecule has 0 saturated heterocycles. The van der Waals surface area contributed by atoms with E-state index in [0.29, 0.717) is 0 Å². The minimum Gasteiger partial charge on any atom is -0.396 e. The van der Waals surface area contributed by atoms with Crippen LogP contribution < -0.4 is 4.90 Å². The molecule has 0 saturated carbocycles. The van der Waals surface area contributed by atoms with Crippen molar-refractivity contribution in [2.24, 2.45) is 0 Å². The highest BCUT2D eigenvalue weighted by molar-refractivity contribution is 5.66. The summed E-state index contributed by atoms with van der Waals surface area (Å²) in [6.45, 7) is 5.08. The van der Waals surface area contributed by atoms with Crippen molar-refractivity contribution >= 4 is 5.69 Å². The van der Waals surface area contributed by atoms with E-state index in [-0.39, 0.29) is 12.5 Å². The molecular weight excluding hydrogens is 314 g/mol. The molecule has 1 aromatic heterocycles. The fourth-order valence-electron chi connectivity index (χ4n) is 4.50. The average molecular weight is 343 g/mol. The number of hydrogen-bond donors (Lipinski definition) is 1. The number of para-hydroxylation sites is 1. The number of rotatable bonds is 6. The van der Waals surface area contributed by atoms with Gasteiger partial charge in [0.1, 0.15) is 5.76 Å². The maximum Gasteiger partial charge on any atom is 0.142 e. The Hall–Kier alpha value is -1.85. The Morgan fingerprint density at radius 1 is 1.24 bits per heavy atom. The SMILES string of the molecule is CCc1noc(CC)c1C1(CN(C)C)C(CO)c2ccccc2N1C. The first-order chi connectivity index (χ1) is 12.0. The molecule has 0 fully saturated rings. The molecule has 1 aromatic carbocycles. The third-order valence-electron chi connectivity index (χ3n) is 5.51. The van der Waals surface area contributed by atoms with E-state index in [1.54, 1.807) is 0 Å². The highest BCUT2D eigenvalue weighted by atomic mass is 16.5. The summed E-state index contributed by atoms with van der Waals surface area (Å²) in [5, 5.41) is 14.8. The summed E-state index contributed by atoms with van der Waals surface area (Å²) in [5.41, 5.74) is 4.13. The van der Waals surface area contributed by atoms with Gasteiger partial charge < -0.3 is 19.4 Å². The van der Waals surface area contributed by atoms with Crippen molar-refractivity contribution < 1.29 is 9.63 Å². The van der Waals surface area contributed by atoms with Gasteiger partial charge in [0.05, 0.1) is 17.8 Å². The van der Waals surface area contributed by atoms with Gasteiger partial charge in [0.25, 0.3) is 0 Å². The van der Waals surface area contributed by atoms with Gasteiger partial charge in [0.2, 0.25) is 0 Å². The molecule has 2 atom stereocenters. The van der Waals surface area contributed by atoms with E-state index < -0.39 is 5.54 Å². The third kappa shape index (κ3) is 2.57. The van der Waals surface area contributed by atoms with Crippen molar-refractivity contribution in [1.82, 2.24) is 10.1 Å². The fourth-order valence-corrected chi connectivity index (χ4v) is 4.50. The lowest BCUT2D eigenvalue weighted by atomic mass is 9.75. The van der Waals surface area contributed by atoms with Crippen LogP contribution in [0, 0.1) is 0 Å². The molecule has 1 aliphatic rings. The largest absolute Gasteiger partial charge is 0.396 e. The second kappa shape index (κ2) is 6.81. The normalized spacial score (nSPS) is 22.7. The summed E-state index contributed by atoms with van der Waals surface area (Å²) in [7, 11) is 6.29. The number of likely N-dealkylation sites (N-methyl/N-ethyl adjacent to an activating group) is 2. The van der Waals surface area contributed by atoms with Crippen molar-refractivity contribution in [3.05, 3.63) is 46.8 Å². The number of anilines is 1.